The molecule has 0 radical (unpaired) electrons. The number of nitrogens with two attached hydrogens (primary N) is 1. The van der Waals surface area contributed by atoms with Gasteiger partial charge in [-0.05, 0) is 37.5 Å². The van der Waals surface area contributed by atoms with Crippen molar-refractivity contribution in [3.63, 3.8) is 0 Å². The first-order valence-electron chi connectivity index (χ1n) is 5.72. The van der Waals surface area contributed by atoms with Crippen LogP contribution in [0.5, 0.6) is 0 Å². The molecule has 0 spiro atoms. The maximum atomic E-state index is 12.0. The lowest BCUT2D eigenvalue weighted by Gasteiger charge is -2.39. The van der Waals surface area contributed by atoms with Gasteiger partial charge < -0.3 is 10.5 Å². The summed E-state index contributed by atoms with van der Waals surface area (Å²) in [6, 6.07) is 7.56. The fourth-order valence-electron chi connectivity index (χ4n) is 2.21. The molecule has 0 amide bonds. The Morgan fingerprint density at radius 2 is 1.94 bits per heavy atom. The molecule has 0 aliphatic heterocycles. The first kappa shape index (κ1) is 13.8. The number of carbonyl (C=O) groups excluding carboxylic acids is 1. The van der Waals surface area contributed by atoms with Crippen molar-refractivity contribution in [3.05, 3.63) is 29.8 Å². The van der Waals surface area contributed by atoms with Gasteiger partial charge in [0.2, 0.25) is 0 Å². The number of esters is 1. The molecule has 1 saturated carbocycles. The van der Waals surface area contributed by atoms with Crippen molar-refractivity contribution in [1.29, 1.82) is 0 Å². The molecule has 4 heteroatoms. The molecule has 94 valence electrons. The largest absolute Gasteiger partial charge is 0.465 e. The molecule has 1 aliphatic carbocycles. The molecular formula is C13H18ClNO2. The molecule has 0 saturated heterocycles. The van der Waals surface area contributed by atoms with Crippen molar-refractivity contribution in [2.24, 2.45) is 0 Å². The predicted molar refractivity (Wildman–Crippen MR) is 70.3 cm³/mol. The molecule has 2 rings (SSSR count). The zero-order chi connectivity index (χ0) is 11.6. The average molecular weight is 256 g/mol. The number of hydrogen-bond acceptors (Lipinski definition) is 3. The normalized spacial score (nSPS) is 16.5. The number of hydrogen-bond donors (Lipinski definition) is 1. The van der Waals surface area contributed by atoms with E-state index in [1.54, 1.807) is 0 Å². The number of ether oxygens (including phenoxy) is 1. The van der Waals surface area contributed by atoms with E-state index in [1.165, 1.54) is 0 Å². The number of benzene rings is 1. The molecule has 17 heavy (non-hydrogen) atoms. The van der Waals surface area contributed by atoms with E-state index in [2.05, 4.69) is 0 Å². The highest BCUT2D eigenvalue weighted by atomic mass is 35.5. The maximum absolute atomic E-state index is 12.0. The molecule has 2 N–H and O–H groups in total. The van der Waals surface area contributed by atoms with Gasteiger partial charge in [0.05, 0.1) is 12.0 Å². The Kier molecular flexibility index (Phi) is 4.40. The summed E-state index contributed by atoms with van der Waals surface area (Å²) >= 11 is 0. The summed E-state index contributed by atoms with van der Waals surface area (Å²) in [6.45, 7) is 2.28. The predicted octanol–water partition coefficient (Wildman–Crippen LogP) is 2.68. The van der Waals surface area contributed by atoms with Gasteiger partial charge >= 0.3 is 5.97 Å². The second kappa shape index (κ2) is 5.41. The van der Waals surface area contributed by atoms with E-state index in [1.807, 2.05) is 31.2 Å². The minimum absolute atomic E-state index is 0. The lowest BCUT2D eigenvalue weighted by atomic mass is 9.64. The minimum Gasteiger partial charge on any atom is -0.465 e. The van der Waals surface area contributed by atoms with Gasteiger partial charge in [-0.25, -0.2) is 0 Å². The molecule has 0 bridgehead atoms. The zero-order valence-corrected chi connectivity index (χ0v) is 10.8. The van der Waals surface area contributed by atoms with Gasteiger partial charge in [-0.15, -0.1) is 12.4 Å². The number of rotatable bonds is 3. The van der Waals surface area contributed by atoms with Crippen LogP contribution >= 0.6 is 12.4 Å². The maximum Gasteiger partial charge on any atom is 0.316 e. The van der Waals surface area contributed by atoms with Crippen LogP contribution in [0.1, 0.15) is 31.7 Å². The quantitative estimate of drug-likeness (QED) is 0.667. The number of carbonyl (C=O) groups is 1. The number of halogens is 1. The van der Waals surface area contributed by atoms with E-state index in [4.69, 9.17) is 10.5 Å². The van der Waals surface area contributed by atoms with Gasteiger partial charge in [0.25, 0.3) is 0 Å². The van der Waals surface area contributed by atoms with Gasteiger partial charge in [0.1, 0.15) is 0 Å². The molecule has 0 unspecified atom stereocenters. The lowest BCUT2D eigenvalue weighted by molar-refractivity contribution is -0.153. The molecule has 0 heterocycles. The summed E-state index contributed by atoms with van der Waals surface area (Å²) in [7, 11) is 0. The molecule has 1 aliphatic rings. The zero-order valence-electron chi connectivity index (χ0n) is 9.94. The van der Waals surface area contributed by atoms with Crippen LogP contribution in [0.25, 0.3) is 0 Å². The Morgan fingerprint density at radius 1 is 1.35 bits per heavy atom. The van der Waals surface area contributed by atoms with Crippen LogP contribution in [-0.2, 0) is 14.9 Å². The van der Waals surface area contributed by atoms with E-state index in [0.717, 1.165) is 30.5 Å². The first-order valence-corrected chi connectivity index (χ1v) is 5.72. The fourth-order valence-corrected chi connectivity index (χ4v) is 2.21. The van der Waals surface area contributed by atoms with Crippen LogP contribution in [0, 0.1) is 0 Å². The Morgan fingerprint density at radius 3 is 2.35 bits per heavy atom. The summed E-state index contributed by atoms with van der Waals surface area (Å²) in [5.41, 5.74) is 7.01. The Hall–Kier alpha value is -1.22. The van der Waals surface area contributed by atoms with Crippen molar-refractivity contribution in [1.82, 2.24) is 0 Å². The topological polar surface area (TPSA) is 52.3 Å². The van der Waals surface area contributed by atoms with Gasteiger partial charge in [-0.3, -0.25) is 4.79 Å². The van der Waals surface area contributed by atoms with Crippen molar-refractivity contribution in [3.8, 4) is 0 Å². The second-order valence-corrected chi connectivity index (χ2v) is 4.28. The highest BCUT2D eigenvalue weighted by Gasteiger charge is 2.46. The molecule has 3 nitrogen and oxygen atoms in total. The van der Waals surface area contributed by atoms with E-state index in [-0.39, 0.29) is 18.4 Å². The molecule has 0 aromatic heterocycles. The summed E-state index contributed by atoms with van der Waals surface area (Å²) in [6.07, 6.45) is 2.86. The van der Waals surface area contributed by atoms with Crippen LogP contribution < -0.4 is 5.73 Å². The van der Waals surface area contributed by atoms with Gasteiger partial charge in [-0.1, -0.05) is 18.6 Å². The Balaban J connectivity index is 0.00000144. The Bertz CT molecular complexity index is 385. The molecule has 1 fully saturated rings. The summed E-state index contributed by atoms with van der Waals surface area (Å²) in [5, 5.41) is 0. The molecule has 1 aromatic carbocycles. The summed E-state index contributed by atoms with van der Waals surface area (Å²) < 4.78 is 5.16. The first-order chi connectivity index (χ1) is 7.69. The van der Waals surface area contributed by atoms with Crippen LogP contribution in [-0.4, -0.2) is 12.6 Å². The van der Waals surface area contributed by atoms with Crippen molar-refractivity contribution in [2.45, 2.75) is 31.6 Å². The molecular weight excluding hydrogens is 238 g/mol. The van der Waals surface area contributed by atoms with Crippen LogP contribution in [0.4, 0.5) is 5.69 Å². The van der Waals surface area contributed by atoms with E-state index in [9.17, 15) is 4.79 Å². The fraction of sp³-hybridized carbons (Fsp3) is 0.462. The van der Waals surface area contributed by atoms with Crippen molar-refractivity contribution >= 4 is 24.1 Å². The second-order valence-electron chi connectivity index (χ2n) is 4.28. The third kappa shape index (κ3) is 2.39. The molecule has 1 aromatic rings. The van der Waals surface area contributed by atoms with Crippen LogP contribution in [0.2, 0.25) is 0 Å². The summed E-state index contributed by atoms with van der Waals surface area (Å²) in [5.74, 6) is -0.0916. The number of nitrogen functional groups attached to an aromatic ring is 1. The van der Waals surface area contributed by atoms with Crippen LogP contribution in [0.15, 0.2) is 24.3 Å². The van der Waals surface area contributed by atoms with Gasteiger partial charge in [-0.2, -0.15) is 0 Å². The number of anilines is 1. The summed E-state index contributed by atoms with van der Waals surface area (Å²) in [4.78, 5) is 12.0. The van der Waals surface area contributed by atoms with Crippen molar-refractivity contribution < 1.29 is 9.53 Å². The smallest absolute Gasteiger partial charge is 0.316 e. The van der Waals surface area contributed by atoms with Crippen LogP contribution in [0.3, 0.4) is 0 Å². The highest BCUT2D eigenvalue weighted by Crippen LogP contribution is 2.44. The third-order valence-corrected chi connectivity index (χ3v) is 3.34. The van der Waals surface area contributed by atoms with Crippen molar-refractivity contribution in [2.75, 3.05) is 12.3 Å². The van der Waals surface area contributed by atoms with Gasteiger partial charge in [0.15, 0.2) is 0 Å². The Labute approximate surface area is 108 Å². The van der Waals surface area contributed by atoms with E-state index < -0.39 is 5.41 Å². The average Bonchev–Trinajstić information content (AvgIpc) is 2.19. The highest BCUT2D eigenvalue weighted by molar-refractivity contribution is 5.85. The molecule has 0 atom stereocenters. The lowest BCUT2D eigenvalue weighted by Crippen LogP contribution is -2.43. The van der Waals surface area contributed by atoms with Gasteiger partial charge in [0, 0.05) is 5.69 Å². The van der Waals surface area contributed by atoms with E-state index >= 15 is 0 Å². The standard InChI is InChI=1S/C13H17NO2.ClH/c1-2-16-12(15)13(8-3-9-13)10-4-6-11(14)7-5-10;/h4-7H,2-3,8-9,14H2,1H3;1H. The SMILES string of the molecule is CCOC(=O)C1(c2ccc(N)cc2)CCC1.Cl. The van der Waals surface area contributed by atoms with E-state index in [0.29, 0.717) is 6.61 Å². The monoisotopic (exact) mass is 255 g/mol. The minimum atomic E-state index is -0.399. The third-order valence-electron chi connectivity index (χ3n) is 3.34.